The molecule has 1 spiro atoms. The Hall–Kier alpha value is -2.73. The molecule has 2 unspecified atom stereocenters. The van der Waals surface area contributed by atoms with Crippen molar-refractivity contribution < 1.29 is 22.4 Å². The maximum atomic E-state index is 13.0. The third-order valence-electron chi connectivity index (χ3n) is 5.52. The fourth-order valence-electron chi connectivity index (χ4n) is 4.05. The average Bonchev–Trinajstić information content (AvgIpc) is 3.11. The Morgan fingerprint density at radius 3 is 2.71 bits per heavy atom. The zero-order valence-electron chi connectivity index (χ0n) is 14.3. The van der Waals surface area contributed by atoms with Crippen LogP contribution in [0.5, 0.6) is 0 Å². The third kappa shape index (κ3) is 2.48. The van der Waals surface area contributed by atoms with Crippen LogP contribution in [-0.2, 0) is 16.4 Å². The van der Waals surface area contributed by atoms with Crippen LogP contribution < -0.4 is 5.32 Å². The number of fused-ring (bicyclic) bond motifs is 2. The van der Waals surface area contributed by atoms with Gasteiger partial charge in [0, 0.05) is 22.2 Å². The van der Waals surface area contributed by atoms with E-state index in [1.54, 1.807) is 36.4 Å². The van der Waals surface area contributed by atoms with E-state index in [0.29, 0.717) is 28.5 Å². The van der Waals surface area contributed by atoms with Crippen LogP contribution in [0.3, 0.4) is 0 Å². The molecule has 1 N–H and O–H groups in total. The molecule has 5 rings (SSSR count). The van der Waals surface area contributed by atoms with Gasteiger partial charge in [-0.25, -0.2) is 0 Å². The predicted molar refractivity (Wildman–Crippen MR) is 98.3 cm³/mol. The molecule has 1 aliphatic heterocycles. The van der Waals surface area contributed by atoms with Gasteiger partial charge in [-0.15, -0.1) is 0 Å². The summed E-state index contributed by atoms with van der Waals surface area (Å²) >= 11 is 6.10. The van der Waals surface area contributed by atoms with Gasteiger partial charge in [0.25, 0.3) is 0 Å². The summed E-state index contributed by atoms with van der Waals surface area (Å²) in [7, 11) is 0. The number of anilines is 1. The van der Waals surface area contributed by atoms with Gasteiger partial charge >= 0.3 is 6.18 Å². The lowest BCUT2D eigenvalue weighted by Gasteiger charge is -2.08. The van der Waals surface area contributed by atoms with E-state index in [-0.39, 0.29) is 11.8 Å². The molecule has 1 fully saturated rings. The van der Waals surface area contributed by atoms with Gasteiger partial charge < -0.3 is 9.73 Å². The number of carbonyl (C=O) groups excluding carboxylic acids is 1. The highest BCUT2D eigenvalue weighted by molar-refractivity contribution is 6.31. The van der Waals surface area contributed by atoms with Gasteiger partial charge in [-0.1, -0.05) is 23.7 Å². The molecule has 28 heavy (non-hydrogen) atoms. The summed E-state index contributed by atoms with van der Waals surface area (Å²) in [5.41, 5.74) is 0.469. The van der Waals surface area contributed by atoms with Crippen molar-refractivity contribution in [1.82, 2.24) is 0 Å². The summed E-state index contributed by atoms with van der Waals surface area (Å²) in [5, 5.41) is 3.42. The van der Waals surface area contributed by atoms with Crippen molar-refractivity contribution in [2.75, 3.05) is 5.32 Å². The standard InChI is InChI=1S/C21H13ClF3NO2/c22-13-4-5-16-14(9-13)20(19(27)26-16)10-15(20)18-7-6-17(28-18)11-2-1-3-12(8-11)21(23,24)25/h1-9,15H,10H2,(H,26,27). The normalized spacial score (nSPS) is 23.0. The lowest BCUT2D eigenvalue weighted by Crippen LogP contribution is -2.20. The second-order valence-electron chi connectivity index (χ2n) is 7.15. The second kappa shape index (κ2) is 5.64. The summed E-state index contributed by atoms with van der Waals surface area (Å²) < 4.78 is 44.7. The Bertz CT molecular complexity index is 1120. The molecule has 2 aromatic carbocycles. The van der Waals surface area contributed by atoms with E-state index < -0.39 is 17.2 Å². The van der Waals surface area contributed by atoms with E-state index in [4.69, 9.17) is 16.0 Å². The zero-order chi connectivity index (χ0) is 19.7. The van der Waals surface area contributed by atoms with Crippen LogP contribution in [0.1, 0.15) is 29.2 Å². The van der Waals surface area contributed by atoms with Crippen molar-refractivity contribution in [3.05, 3.63) is 76.5 Å². The fourth-order valence-corrected chi connectivity index (χ4v) is 4.22. The molecule has 1 amide bonds. The number of benzene rings is 2. The van der Waals surface area contributed by atoms with Gasteiger partial charge in [-0.3, -0.25) is 4.79 Å². The van der Waals surface area contributed by atoms with Gasteiger partial charge in [0.05, 0.1) is 11.0 Å². The smallest absolute Gasteiger partial charge is 0.416 e. The second-order valence-corrected chi connectivity index (χ2v) is 7.59. The molecule has 2 heterocycles. The zero-order valence-corrected chi connectivity index (χ0v) is 15.1. The molecule has 2 aliphatic rings. The molecular formula is C21H13ClF3NO2. The number of carbonyl (C=O) groups is 1. The number of halogens is 4. The molecule has 0 radical (unpaired) electrons. The van der Waals surface area contributed by atoms with Crippen molar-refractivity contribution in [2.45, 2.75) is 23.9 Å². The maximum Gasteiger partial charge on any atom is 0.416 e. The van der Waals surface area contributed by atoms with Gasteiger partial charge in [0.15, 0.2) is 0 Å². The number of nitrogens with one attached hydrogen (secondary N) is 1. The molecule has 1 aliphatic carbocycles. The largest absolute Gasteiger partial charge is 0.461 e. The minimum Gasteiger partial charge on any atom is -0.461 e. The first-order valence-electron chi connectivity index (χ1n) is 8.68. The first-order chi connectivity index (χ1) is 13.3. The summed E-state index contributed by atoms with van der Waals surface area (Å²) in [4.78, 5) is 12.6. The Kier molecular flexibility index (Phi) is 3.50. The molecule has 2 atom stereocenters. The first kappa shape index (κ1) is 17.4. The summed E-state index contributed by atoms with van der Waals surface area (Å²) in [6.07, 6.45) is -3.85. The van der Waals surface area contributed by atoms with E-state index in [1.807, 2.05) is 0 Å². The molecular weight excluding hydrogens is 391 g/mol. The van der Waals surface area contributed by atoms with Crippen LogP contribution >= 0.6 is 11.6 Å². The van der Waals surface area contributed by atoms with Crippen molar-refractivity contribution in [2.24, 2.45) is 0 Å². The summed E-state index contributed by atoms with van der Waals surface area (Å²) in [6.45, 7) is 0. The summed E-state index contributed by atoms with van der Waals surface area (Å²) in [6, 6.07) is 13.6. The molecule has 3 aromatic rings. The van der Waals surface area contributed by atoms with Gasteiger partial charge in [0.1, 0.15) is 11.5 Å². The molecule has 3 nitrogen and oxygen atoms in total. The quantitative estimate of drug-likeness (QED) is 0.570. The molecule has 0 bridgehead atoms. The Labute approximate surface area is 163 Å². The van der Waals surface area contributed by atoms with Crippen LogP contribution in [0.4, 0.5) is 18.9 Å². The SMILES string of the molecule is O=C1Nc2ccc(Cl)cc2C12CC2c1ccc(-c2cccc(C(F)(F)F)c2)o1. The van der Waals surface area contributed by atoms with Crippen molar-refractivity contribution in [3.63, 3.8) is 0 Å². The highest BCUT2D eigenvalue weighted by Crippen LogP contribution is 2.65. The van der Waals surface area contributed by atoms with Crippen molar-refractivity contribution >= 4 is 23.2 Å². The number of amides is 1. The number of furan rings is 1. The Morgan fingerprint density at radius 1 is 1.11 bits per heavy atom. The van der Waals surface area contributed by atoms with E-state index in [1.165, 1.54) is 6.07 Å². The van der Waals surface area contributed by atoms with Crippen molar-refractivity contribution in [1.29, 1.82) is 0 Å². The van der Waals surface area contributed by atoms with Gasteiger partial charge in [0.2, 0.25) is 5.91 Å². The number of rotatable bonds is 2. The van der Waals surface area contributed by atoms with Crippen LogP contribution in [0.15, 0.2) is 59.0 Å². The molecule has 7 heteroatoms. The Balaban J connectivity index is 1.48. The average molecular weight is 404 g/mol. The lowest BCUT2D eigenvalue weighted by molar-refractivity contribution is -0.137. The monoisotopic (exact) mass is 403 g/mol. The van der Waals surface area contributed by atoms with Crippen LogP contribution in [0.2, 0.25) is 5.02 Å². The molecule has 142 valence electrons. The molecule has 1 aromatic heterocycles. The molecule has 1 saturated carbocycles. The van der Waals surface area contributed by atoms with Gasteiger partial charge in [-0.05, 0) is 54.4 Å². The number of hydrogen-bond donors (Lipinski definition) is 1. The maximum absolute atomic E-state index is 13.0. The highest BCUT2D eigenvalue weighted by Gasteiger charge is 2.66. The van der Waals surface area contributed by atoms with Crippen LogP contribution in [-0.4, -0.2) is 5.91 Å². The minimum absolute atomic E-state index is 0.105. The van der Waals surface area contributed by atoms with Crippen molar-refractivity contribution in [3.8, 4) is 11.3 Å². The lowest BCUT2D eigenvalue weighted by atomic mass is 9.94. The number of alkyl halides is 3. The fraction of sp³-hybridized carbons (Fsp3) is 0.190. The summed E-state index contributed by atoms with van der Waals surface area (Å²) in [5.74, 6) is 0.641. The molecule has 0 saturated heterocycles. The van der Waals surface area contributed by atoms with E-state index in [0.717, 1.165) is 23.4 Å². The topological polar surface area (TPSA) is 42.2 Å². The van der Waals surface area contributed by atoms with Crippen LogP contribution in [0, 0.1) is 0 Å². The Morgan fingerprint density at radius 2 is 1.93 bits per heavy atom. The third-order valence-corrected chi connectivity index (χ3v) is 5.76. The highest BCUT2D eigenvalue weighted by atomic mass is 35.5. The van der Waals surface area contributed by atoms with E-state index >= 15 is 0 Å². The number of hydrogen-bond acceptors (Lipinski definition) is 2. The van der Waals surface area contributed by atoms with Gasteiger partial charge in [-0.2, -0.15) is 13.2 Å². The van der Waals surface area contributed by atoms with Crippen LogP contribution in [0.25, 0.3) is 11.3 Å². The minimum atomic E-state index is -4.42. The predicted octanol–water partition coefficient (Wildman–Crippen LogP) is 6.00. The first-order valence-corrected chi connectivity index (χ1v) is 9.06. The van der Waals surface area contributed by atoms with E-state index in [2.05, 4.69) is 5.32 Å². The van der Waals surface area contributed by atoms with E-state index in [9.17, 15) is 18.0 Å².